The summed E-state index contributed by atoms with van der Waals surface area (Å²) in [6, 6.07) is 13.3. The first-order valence-corrected chi connectivity index (χ1v) is 9.93. The molecule has 0 saturated carbocycles. The lowest BCUT2D eigenvalue weighted by Crippen LogP contribution is -2.43. The summed E-state index contributed by atoms with van der Waals surface area (Å²) in [5.74, 6) is -0.654. The standard InChI is InChI=1S/C23H26FN3O3/c1-3-12-26(23(29)20-10-4-5-11-21(20)24)17-22(28)27(16-19-9-7-14-30-19)15-18-8-6-13-25(18)2/h4-11,13-14H,3,12,15-17H2,1-2H3. The Morgan fingerprint density at radius 1 is 1.03 bits per heavy atom. The molecule has 0 saturated heterocycles. The van der Waals surface area contributed by atoms with Crippen molar-refractivity contribution in [3.05, 3.63) is 83.8 Å². The third-order valence-electron chi connectivity index (χ3n) is 4.89. The van der Waals surface area contributed by atoms with E-state index < -0.39 is 11.7 Å². The molecule has 1 aromatic carbocycles. The average molecular weight is 411 g/mol. The number of rotatable bonds is 9. The molecule has 0 unspecified atom stereocenters. The van der Waals surface area contributed by atoms with Crippen LogP contribution in [0.25, 0.3) is 0 Å². The molecule has 3 rings (SSSR count). The number of amides is 2. The minimum absolute atomic E-state index is 0.0289. The smallest absolute Gasteiger partial charge is 0.257 e. The Balaban J connectivity index is 1.79. The molecule has 6 nitrogen and oxygen atoms in total. The van der Waals surface area contributed by atoms with E-state index in [4.69, 9.17) is 4.42 Å². The Morgan fingerprint density at radius 3 is 2.47 bits per heavy atom. The number of furan rings is 1. The molecule has 0 aliphatic heterocycles. The normalized spacial score (nSPS) is 10.8. The summed E-state index contributed by atoms with van der Waals surface area (Å²) in [6.07, 6.45) is 4.13. The molecular formula is C23H26FN3O3. The third-order valence-corrected chi connectivity index (χ3v) is 4.89. The van der Waals surface area contributed by atoms with Crippen molar-refractivity contribution in [2.24, 2.45) is 7.05 Å². The fourth-order valence-electron chi connectivity index (χ4n) is 3.27. The zero-order chi connectivity index (χ0) is 21.5. The maximum absolute atomic E-state index is 14.1. The van der Waals surface area contributed by atoms with Crippen LogP contribution in [0, 0.1) is 5.82 Å². The van der Waals surface area contributed by atoms with Gasteiger partial charge in [0.25, 0.3) is 5.91 Å². The van der Waals surface area contributed by atoms with Crippen LogP contribution < -0.4 is 0 Å². The van der Waals surface area contributed by atoms with Gasteiger partial charge in [-0.25, -0.2) is 4.39 Å². The van der Waals surface area contributed by atoms with E-state index in [-0.39, 0.29) is 24.6 Å². The van der Waals surface area contributed by atoms with Crippen LogP contribution in [0.5, 0.6) is 0 Å². The van der Waals surface area contributed by atoms with Crippen molar-refractivity contribution in [2.75, 3.05) is 13.1 Å². The van der Waals surface area contributed by atoms with Gasteiger partial charge < -0.3 is 18.8 Å². The molecule has 0 spiro atoms. The van der Waals surface area contributed by atoms with Gasteiger partial charge in [0.15, 0.2) is 0 Å². The summed E-state index contributed by atoms with van der Waals surface area (Å²) in [6.45, 7) is 2.79. The second-order valence-electron chi connectivity index (χ2n) is 7.15. The van der Waals surface area contributed by atoms with E-state index in [2.05, 4.69) is 0 Å². The number of benzene rings is 1. The Labute approximate surface area is 175 Å². The molecule has 158 valence electrons. The number of carbonyl (C=O) groups excluding carboxylic acids is 2. The summed E-state index contributed by atoms with van der Waals surface area (Å²) in [5, 5.41) is 0. The van der Waals surface area contributed by atoms with Crippen molar-refractivity contribution in [1.29, 1.82) is 0 Å². The van der Waals surface area contributed by atoms with E-state index >= 15 is 0 Å². The summed E-state index contributed by atoms with van der Waals surface area (Å²) in [4.78, 5) is 29.1. The van der Waals surface area contributed by atoms with Crippen LogP contribution >= 0.6 is 0 Å². The summed E-state index contributed by atoms with van der Waals surface area (Å²) < 4.78 is 21.5. The second kappa shape index (κ2) is 9.91. The van der Waals surface area contributed by atoms with Gasteiger partial charge in [-0.05, 0) is 42.8 Å². The van der Waals surface area contributed by atoms with E-state index in [1.165, 1.54) is 23.1 Å². The predicted molar refractivity (Wildman–Crippen MR) is 111 cm³/mol. The molecule has 3 aromatic rings. The van der Waals surface area contributed by atoms with E-state index in [1.807, 2.05) is 36.9 Å². The molecule has 0 bridgehead atoms. The Bertz CT molecular complexity index is 981. The molecule has 0 N–H and O–H groups in total. The lowest BCUT2D eigenvalue weighted by molar-refractivity contribution is -0.133. The van der Waals surface area contributed by atoms with Gasteiger partial charge in [-0.15, -0.1) is 0 Å². The van der Waals surface area contributed by atoms with E-state index in [0.717, 1.165) is 5.69 Å². The highest BCUT2D eigenvalue weighted by Crippen LogP contribution is 2.14. The number of halogens is 1. The SMILES string of the molecule is CCCN(CC(=O)N(Cc1ccco1)Cc1cccn1C)C(=O)c1ccccc1F. The van der Waals surface area contributed by atoms with Gasteiger partial charge in [0.1, 0.15) is 18.1 Å². The first-order chi connectivity index (χ1) is 14.5. The first-order valence-electron chi connectivity index (χ1n) is 9.93. The molecule has 30 heavy (non-hydrogen) atoms. The van der Waals surface area contributed by atoms with Gasteiger partial charge >= 0.3 is 0 Å². The lowest BCUT2D eigenvalue weighted by atomic mass is 10.1. The number of hydrogen-bond acceptors (Lipinski definition) is 3. The first kappa shape index (κ1) is 21.4. The fourth-order valence-corrected chi connectivity index (χ4v) is 3.27. The minimum Gasteiger partial charge on any atom is -0.467 e. The van der Waals surface area contributed by atoms with Crippen molar-refractivity contribution in [3.63, 3.8) is 0 Å². The molecule has 2 aromatic heterocycles. The molecule has 2 heterocycles. The van der Waals surface area contributed by atoms with Gasteiger partial charge in [-0.2, -0.15) is 0 Å². The highest BCUT2D eigenvalue weighted by atomic mass is 19.1. The van der Waals surface area contributed by atoms with E-state index in [0.29, 0.717) is 25.3 Å². The maximum atomic E-state index is 14.1. The summed E-state index contributed by atoms with van der Waals surface area (Å²) >= 11 is 0. The molecule has 0 fully saturated rings. The largest absolute Gasteiger partial charge is 0.467 e. The monoisotopic (exact) mass is 411 g/mol. The van der Waals surface area contributed by atoms with Crippen molar-refractivity contribution in [3.8, 4) is 0 Å². The van der Waals surface area contributed by atoms with Crippen LogP contribution in [0.1, 0.15) is 35.2 Å². The number of nitrogens with zero attached hydrogens (tertiary/aromatic N) is 3. The van der Waals surface area contributed by atoms with Crippen molar-refractivity contribution in [2.45, 2.75) is 26.4 Å². The van der Waals surface area contributed by atoms with E-state index in [9.17, 15) is 14.0 Å². The van der Waals surface area contributed by atoms with Crippen molar-refractivity contribution >= 4 is 11.8 Å². The third kappa shape index (κ3) is 5.17. The highest BCUT2D eigenvalue weighted by Gasteiger charge is 2.24. The molecule has 0 atom stereocenters. The lowest BCUT2D eigenvalue weighted by Gasteiger charge is -2.27. The molecular weight excluding hydrogens is 385 g/mol. The van der Waals surface area contributed by atoms with Gasteiger partial charge in [0.05, 0.1) is 24.9 Å². The highest BCUT2D eigenvalue weighted by molar-refractivity contribution is 5.96. The van der Waals surface area contributed by atoms with Gasteiger partial charge in [0, 0.05) is 25.5 Å². The molecule has 0 aliphatic carbocycles. The van der Waals surface area contributed by atoms with Crippen LogP contribution in [0.4, 0.5) is 4.39 Å². The Morgan fingerprint density at radius 2 is 1.83 bits per heavy atom. The quantitative estimate of drug-likeness (QED) is 0.538. The molecule has 2 amide bonds. The molecule has 0 aliphatic rings. The van der Waals surface area contributed by atoms with Gasteiger partial charge in [-0.1, -0.05) is 19.1 Å². The zero-order valence-corrected chi connectivity index (χ0v) is 17.3. The number of hydrogen-bond donors (Lipinski definition) is 0. The van der Waals surface area contributed by atoms with Crippen molar-refractivity contribution in [1.82, 2.24) is 14.4 Å². The number of aryl methyl sites for hydroxylation is 1. The van der Waals surface area contributed by atoms with Crippen LogP contribution in [0.2, 0.25) is 0 Å². The van der Waals surface area contributed by atoms with Crippen LogP contribution in [-0.4, -0.2) is 39.3 Å². The molecule has 7 heteroatoms. The van der Waals surface area contributed by atoms with Crippen LogP contribution in [0.3, 0.4) is 0 Å². The van der Waals surface area contributed by atoms with Gasteiger partial charge in [0.2, 0.25) is 5.91 Å². The van der Waals surface area contributed by atoms with Gasteiger partial charge in [-0.3, -0.25) is 9.59 Å². The summed E-state index contributed by atoms with van der Waals surface area (Å²) in [7, 11) is 1.91. The number of carbonyl (C=O) groups is 2. The van der Waals surface area contributed by atoms with E-state index in [1.54, 1.807) is 29.4 Å². The maximum Gasteiger partial charge on any atom is 0.257 e. The molecule has 0 radical (unpaired) electrons. The predicted octanol–water partition coefficient (Wildman–Crippen LogP) is 3.84. The average Bonchev–Trinajstić information content (AvgIpc) is 3.39. The number of aromatic nitrogens is 1. The topological polar surface area (TPSA) is 58.7 Å². The van der Waals surface area contributed by atoms with Crippen molar-refractivity contribution < 1.29 is 18.4 Å². The van der Waals surface area contributed by atoms with Crippen LogP contribution in [-0.2, 0) is 24.9 Å². The van der Waals surface area contributed by atoms with Crippen LogP contribution in [0.15, 0.2) is 65.4 Å². The Hall–Kier alpha value is -3.35. The Kier molecular flexibility index (Phi) is 7.06. The minimum atomic E-state index is -0.590. The fraction of sp³-hybridized carbons (Fsp3) is 0.304. The summed E-state index contributed by atoms with van der Waals surface area (Å²) in [5.41, 5.74) is 0.927. The second-order valence-corrected chi connectivity index (χ2v) is 7.15. The zero-order valence-electron chi connectivity index (χ0n) is 17.3.